The summed E-state index contributed by atoms with van der Waals surface area (Å²) in [4.78, 5) is 0. The largest absolute Gasteiger partial charge is 0.310 e. The quantitative estimate of drug-likeness (QED) is 0.336. The van der Waals surface area contributed by atoms with Crippen LogP contribution in [0, 0.1) is 0 Å². The Kier molecular flexibility index (Phi) is 4.58. The van der Waals surface area contributed by atoms with Crippen molar-refractivity contribution in [2.24, 2.45) is 0 Å². The maximum Gasteiger partial charge on any atom is 0.0541 e. The lowest BCUT2D eigenvalue weighted by molar-refractivity contribution is 0.412. The molecule has 0 aliphatic carbocycles. The van der Waals surface area contributed by atoms with E-state index < -0.39 is 0 Å². The van der Waals surface area contributed by atoms with E-state index >= 15 is 0 Å². The van der Waals surface area contributed by atoms with E-state index in [1.165, 1.54) is 63.4 Å². The molecule has 1 atom stereocenters. The third-order valence-corrected chi connectivity index (χ3v) is 6.64. The van der Waals surface area contributed by atoms with Crippen LogP contribution in [0.4, 0.5) is 0 Å². The minimum absolute atomic E-state index is 0.491. The molecule has 1 aliphatic rings. The number of piperidine rings is 1. The molecule has 1 fully saturated rings. The van der Waals surface area contributed by atoms with Gasteiger partial charge in [0, 0.05) is 22.5 Å². The molecule has 152 valence electrons. The summed E-state index contributed by atoms with van der Waals surface area (Å²) in [7, 11) is 0. The summed E-state index contributed by atoms with van der Waals surface area (Å²) in [5, 5.41) is 6.27. The first-order valence-corrected chi connectivity index (χ1v) is 11.3. The van der Waals surface area contributed by atoms with Crippen LogP contribution < -0.4 is 5.32 Å². The van der Waals surface area contributed by atoms with Gasteiger partial charge in [0.05, 0.1) is 11.0 Å². The molecule has 4 aromatic carbocycles. The van der Waals surface area contributed by atoms with E-state index in [2.05, 4.69) is 107 Å². The molecule has 2 heteroatoms. The Balaban J connectivity index is 1.40. The van der Waals surface area contributed by atoms with Gasteiger partial charge < -0.3 is 9.88 Å². The van der Waals surface area contributed by atoms with Crippen molar-refractivity contribution in [3.05, 3.63) is 103 Å². The molecule has 2 heterocycles. The molecule has 1 N–H and O–H groups in total. The number of nitrogens with zero attached hydrogens (tertiary/aromatic N) is 1. The van der Waals surface area contributed by atoms with E-state index in [0.717, 1.165) is 6.54 Å². The molecule has 0 spiro atoms. The summed E-state index contributed by atoms with van der Waals surface area (Å²) in [5.74, 6) is 0. The van der Waals surface area contributed by atoms with Crippen molar-refractivity contribution in [2.45, 2.75) is 25.3 Å². The monoisotopic (exact) mass is 402 g/mol. The summed E-state index contributed by atoms with van der Waals surface area (Å²) in [6, 6.07) is 35.9. The molecule has 0 bridgehead atoms. The molecule has 31 heavy (non-hydrogen) atoms. The highest BCUT2D eigenvalue weighted by atomic mass is 15.0. The van der Waals surface area contributed by atoms with Gasteiger partial charge >= 0.3 is 0 Å². The zero-order valence-electron chi connectivity index (χ0n) is 17.6. The Hall–Kier alpha value is -3.36. The van der Waals surface area contributed by atoms with Crippen molar-refractivity contribution < 1.29 is 0 Å². The van der Waals surface area contributed by atoms with E-state index in [0.29, 0.717) is 6.04 Å². The molecule has 0 saturated carbocycles. The van der Waals surface area contributed by atoms with E-state index in [4.69, 9.17) is 0 Å². The van der Waals surface area contributed by atoms with Crippen molar-refractivity contribution in [3.8, 4) is 16.8 Å². The maximum atomic E-state index is 3.67. The van der Waals surface area contributed by atoms with E-state index in [-0.39, 0.29) is 0 Å². The van der Waals surface area contributed by atoms with Crippen molar-refractivity contribution in [2.75, 3.05) is 6.54 Å². The Morgan fingerprint density at radius 2 is 1.35 bits per heavy atom. The van der Waals surface area contributed by atoms with Gasteiger partial charge in [0.25, 0.3) is 0 Å². The summed E-state index contributed by atoms with van der Waals surface area (Å²) in [6.07, 6.45) is 3.84. The van der Waals surface area contributed by atoms with Gasteiger partial charge in [-0.25, -0.2) is 0 Å². The highest BCUT2D eigenvalue weighted by molar-refractivity contribution is 6.09. The van der Waals surface area contributed by atoms with Crippen LogP contribution in [-0.2, 0) is 0 Å². The van der Waals surface area contributed by atoms with Crippen LogP contribution >= 0.6 is 0 Å². The second kappa shape index (κ2) is 7.72. The van der Waals surface area contributed by atoms with Gasteiger partial charge in [-0.2, -0.15) is 0 Å². The number of rotatable bonds is 3. The zero-order valence-corrected chi connectivity index (χ0v) is 17.6. The lowest BCUT2D eigenvalue weighted by Crippen LogP contribution is -2.26. The molecule has 0 radical (unpaired) electrons. The highest BCUT2D eigenvalue weighted by Crippen LogP contribution is 2.33. The summed E-state index contributed by atoms with van der Waals surface area (Å²) >= 11 is 0. The first-order chi connectivity index (χ1) is 15.4. The standard InChI is InChI=1S/C29H26N2/c1-3-13-28-25(10-1)26-11-2-4-14-29(26)31(28)24-17-15-21(16-18-24)22-8-7-9-23(20-22)27-12-5-6-19-30-27/h1-4,7-11,13-18,20,27,30H,5-6,12,19H2. The normalized spacial score (nSPS) is 16.7. The van der Waals surface area contributed by atoms with Crippen molar-refractivity contribution in [1.29, 1.82) is 0 Å². The molecule has 1 aromatic heterocycles. The van der Waals surface area contributed by atoms with Gasteiger partial charge in [0.1, 0.15) is 0 Å². The van der Waals surface area contributed by atoms with Crippen LogP contribution in [0.15, 0.2) is 97.1 Å². The van der Waals surface area contributed by atoms with Gasteiger partial charge in [-0.15, -0.1) is 0 Å². The molecule has 6 rings (SSSR count). The summed E-state index contributed by atoms with van der Waals surface area (Å²) in [6.45, 7) is 1.13. The lowest BCUT2D eigenvalue weighted by atomic mass is 9.94. The fraction of sp³-hybridized carbons (Fsp3) is 0.172. The summed E-state index contributed by atoms with van der Waals surface area (Å²) in [5.41, 5.74) is 7.67. The lowest BCUT2D eigenvalue weighted by Gasteiger charge is -2.24. The molecule has 0 amide bonds. The number of hydrogen-bond donors (Lipinski definition) is 1. The molecule has 1 aliphatic heterocycles. The van der Waals surface area contributed by atoms with Crippen molar-refractivity contribution in [1.82, 2.24) is 9.88 Å². The molecule has 1 unspecified atom stereocenters. The number of nitrogens with one attached hydrogen (secondary N) is 1. The molecular weight excluding hydrogens is 376 g/mol. The van der Waals surface area contributed by atoms with Gasteiger partial charge in [-0.05, 0) is 66.4 Å². The molecule has 1 saturated heterocycles. The topological polar surface area (TPSA) is 17.0 Å². The Morgan fingerprint density at radius 1 is 0.645 bits per heavy atom. The van der Waals surface area contributed by atoms with Gasteiger partial charge in [-0.1, -0.05) is 73.2 Å². The van der Waals surface area contributed by atoms with E-state index in [1.807, 2.05) is 0 Å². The van der Waals surface area contributed by atoms with Crippen LogP contribution in [0.25, 0.3) is 38.6 Å². The van der Waals surface area contributed by atoms with E-state index in [1.54, 1.807) is 0 Å². The van der Waals surface area contributed by atoms with Gasteiger partial charge in [-0.3, -0.25) is 0 Å². The van der Waals surface area contributed by atoms with Crippen molar-refractivity contribution >= 4 is 21.8 Å². The second-order valence-electron chi connectivity index (χ2n) is 8.54. The minimum atomic E-state index is 0.491. The van der Waals surface area contributed by atoms with Crippen LogP contribution in [0.5, 0.6) is 0 Å². The molecule has 2 nitrogen and oxygen atoms in total. The van der Waals surface area contributed by atoms with Gasteiger partial charge in [0.15, 0.2) is 0 Å². The molecule has 5 aromatic rings. The summed E-state index contributed by atoms with van der Waals surface area (Å²) < 4.78 is 2.37. The van der Waals surface area contributed by atoms with Crippen LogP contribution in [0.3, 0.4) is 0 Å². The third kappa shape index (κ3) is 3.24. The predicted octanol–water partition coefficient (Wildman–Crippen LogP) is 7.27. The van der Waals surface area contributed by atoms with Crippen LogP contribution in [0.2, 0.25) is 0 Å². The van der Waals surface area contributed by atoms with E-state index in [9.17, 15) is 0 Å². The van der Waals surface area contributed by atoms with Crippen LogP contribution in [0.1, 0.15) is 30.9 Å². The number of aromatic nitrogens is 1. The number of fused-ring (bicyclic) bond motifs is 3. The fourth-order valence-corrected chi connectivity index (χ4v) is 5.07. The number of para-hydroxylation sites is 2. The Bertz CT molecular complexity index is 1300. The number of benzene rings is 4. The Morgan fingerprint density at radius 3 is 2.03 bits per heavy atom. The SMILES string of the molecule is c1cc(-c2ccc(-n3c4ccccc4c4ccccc43)cc2)cc(C2CCCCN2)c1. The first kappa shape index (κ1) is 18.4. The highest BCUT2D eigenvalue weighted by Gasteiger charge is 2.15. The maximum absolute atomic E-state index is 3.67. The second-order valence-corrected chi connectivity index (χ2v) is 8.54. The number of hydrogen-bond acceptors (Lipinski definition) is 1. The minimum Gasteiger partial charge on any atom is -0.310 e. The predicted molar refractivity (Wildman–Crippen MR) is 131 cm³/mol. The first-order valence-electron chi connectivity index (χ1n) is 11.3. The third-order valence-electron chi connectivity index (χ3n) is 6.64. The Labute approximate surface area is 183 Å². The fourth-order valence-electron chi connectivity index (χ4n) is 5.07. The average molecular weight is 403 g/mol. The smallest absolute Gasteiger partial charge is 0.0541 e. The van der Waals surface area contributed by atoms with Crippen molar-refractivity contribution in [3.63, 3.8) is 0 Å². The molecular formula is C29H26N2. The average Bonchev–Trinajstić information content (AvgIpc) is 3.19. The zero-order chi connectivity index (χ0) is 20.6. The van der Waals surface area contributed by atoms with Gasteiger partial charge in [0.2, 0.25) is 0 Å². The van der Waals surface area contributed by atoms with Crippen LogP contribution in [-0.4, -0.2) is 11.1 Å².